The summed E-state index contributed by atoms with van der Waals surface area (Å²) in [6.07, 6.45) is 7.27. The Morgan fingerprint density at radius 2 is 1.47 bits per heavy atom. The van der Waals surface area contributed by atoms with E-state index < -0.39 is 11.8 Å². The van der Waals surface area contributed by atoms with E-state index in [9.17, 15) is 9.59 Å². The highest BCUT2D eigenvalue weighted by atomic mass is 16.4. The molecule has 3 nitrogen and oxygen atoms in total. The van der Waals surface area contributed by atoms with Crippen LogP contribution in [0.15, 0.2) is 0 Å². The summed E-state index contributed by atoms with van der Waals surface area (Å²) < 4.78 is 0. The van der Waals surface area contributed by atoms with E-state index in [0.29, 0.717) is 0 Å². The summed E-state index contributed by atoms with van der Waals surface area (Å²) in [5, 5.41) is 8.90. The fourth-order valence-corrected chi connectivity index (χ4v) is 5.17. The Kier molecular flexibility index (Phi) is 2.36. The van der Waals surface area contributed by atoms with Crippen LogP contribution in [-0.2, 0) is 9.59 Å². The molecule has 4 saturated carbocycles. The first-order valence-electron chi connectivity index (χ1n) is 6.77. The highest BCUT2D eigenvalue weighted by Crippen LogP contribution is 2.62. The summed E-state index contributed by atoms with van der Waals surface area (Å²) in [6, 6.07) is 0. The average Bonchev–Trinajstić information content (AvgIpc) is 2.25. The summed E-state index contributed by atoms with van der Waals surface area (Å²) in [5.74, 6) is 0.217. The summed E-state index contributed by atoms with van der Waals surface area (Å²) in [5.41, 5.74) is 0.0320. The van der Waals surface area contributed by atoms with Gasteiger partial charge < -0.3 is 5.11 Å². The molecule has 4 aliphatic rings. The van der Waals surface area contributed by atoms with Crippen LogP contribution < -0.4 is 0 Å². The molecule has 4 rings (SSSR count). The predicted octanol–water partition coefficient (Wildman–Crippen LogP) is 2.49. The lowest BCUT2D eigenvalue weighted by Crippen LogP contribution is -2.51. The number of hydrogen-bond acceptors (Lipinski definition) is 2. The lowest BCUT2D eigenvalue weighted by molar-refractivity contribution is -0.157. The number of carbonyl (C=O) groups excluding carboxylic acids is 1. The maximum absolute atomic E-state index is 11.8. The molecule has 94 valence electrons. The number of rotatable bonds is 3. The summed E-state index contributed by atoms with van der Waals surface area (Å²) >= 11 is 0. The van der Waals surface area contributed by atoms with E-state index in [2.05, 4.69) is 0 Å². The van der Waals surface area contributed by atoms with Crippen molar-refractivity contribution in [3.8, 4) is 0 Å². The van der Waals surface area contributed by atoms with Gasteiger partial charge in [0.25, 0.3) is 0 Å². The van der Waals surface area contributed by atoms with Crippen LogP contribution in [-0.4, -0.2) is 16.9 Å². The monoisotopic (exact) mass is 236 g/mol. The van der Waals surface area contributed by atoms with Crippen molar-refractivity contribution >= 4 is 11.8 Å². The van der Waals surface area contributed by atoms with Crippen molar-refractivity contribution in [3.05, 3.63) is 0 Å². The van der Waals surface area contributed by atoms with Gasteiger partial charge in [0.05, 0.1) is 0 Å². The molecule has 0 saturated heterocycles. The lowest BCUT2D eigenvalue weighted by atomic mass is 9.46. The Hall–Kier alpha value is -0.860. The number of aliphatic carboxylic acids is 1. The third-order valence-electron chi connectivity index (χ3n) is 5.61. The van der Waals surface area contributed by atoms with Gasteiger partial charge in [-0.05, 0) is 61.7 Å². The number of ketones is 1. The van der Waals surface area contributed by atoms with Crippen molar-refractivity contribution in [2.24, 2.45) is 29.1 Å². The van der Waals surface area contributed by atoms with Crippen LogP contribution in [0.2, 0.25) is 0 Å². The number of carboxylic acid groups (broad SMARTS) is 1. The Balaban J connectivity index is 1.86. The first-order valence-corrected chi connectivity index (χ1v) is 6.77. The van der Waals surface area contributed by atoms with E-state index in [4.69, 9.17) is 5.11 Å². The largest absolute Gasteiger partial charge is 0.475 e. The summed E-state index contributed by atoms with van der Waals surface area (Å²) in [4.78, 5) is 22.6. The molecule has 0 amide bonds. The maximum atomic E-state index is 11.8. The number of hydrogen-bond donors (Lipinski definition) is 1. The van der Waals surface area contributed by atoms with Crippen molar-refractivity contribution in [3.63, 3.8) is 0 Å². The van der Waals surface area contributed by atoms with Gasteiger partial charge in [-0.1, -0.05) is 6.92 Å². The second-order valence-corrected chi connectivity index (χ2v) is 6.67. The first-order chi connectivity index (χ1) is 8.00. The molecular weight excluding hydrogens is 216 g/mol. The van der Waals surface area contributed by atoms with E-state index >= 15 is 0 Å². The van der Waals surface area contributed by atoms with Crippen LogP contribution in [0.3, 0.4) is 0 Å². The molecule has 0 aliphatic heterocycles. The van der Waals surface area contributed by atoms with E-state index in [1.807, 2.05) is 6.92 Å². The van der Waals surface area contributed by atoms with Crippen LogP contribution in [0.1, 0.15) is 45.4 Å². The van der Waals surface area contributed by atoms with Gasteiger partial charge in [-0.25, -0.2) is 4.79 Å². The third kappa shape index (κ3) is 1.62. The van der Waals surface area contributed by atoms with Crippen molar-refractivity contribution in [1.82, 2.24) is 0 Å². The van der Waals surface area contributed by atoms with E-state index in [0.717, 1.165) is 37.0 Å². The Morgan fingerprint density at radius 3 is 1.82 bits per heavy atom. The highest BCUT2D eigenvalue weighted by Gasteiger charge is 2.55. The van der Waals surface area contributed by atoms with Gasteiger partial charge >= 0.3 is 5.97 Å². The van der Waals surface area contributed by atoms with Crippen molar-refractivity contribution in [2.45, 2.75) is 45.4 Å². The van der Waals surface area contributed by atoms with Gasteiger partial charge in [0.2, 0.25) is 5.78 Å². The lowest BCUT2D eigenvalue weighted by Gasteiger charge is -2.58. The molecule has 0 aromatic carbocycles. The number of Topliss-reactive ketones (excluding diaryl/α,β-unsaturated/α-hetero) is 1. The van der Waals surface area contributed by atoms with Crippen LogP contribution in [0.4, 0.5) is 0 Å². The minimum atomic E-state index is -1.24. The van der Waals surface area contributed by atoms with Gasteiger partial charge in [0.15, 0.2) is 0 Å². The van der Waals surface area contributed by atoms with Gasteiger partial charge in [0, 0.05) is 5.92 Å². The third-order valence-corrected chi connectivity index (χ3v) is 5.61. The number of carbonyl (C=O) groups is 2. The molecule has 1 N–H and O–H groups in total. The predicted molar refractivity (Wildman–Crippen MR) is 62.4 cm³/mol. The van der Waals surface area contributed by atoms with E-state index in [-0.39, 0.29) is 11.3 Å². The van der Waals surface area contributed by atoms with Crippen molar-refractivity contribution in [1.29, 1.82) is 0 Å². The van der Waals surface area contributed by atoms with Crippen molar-refractivity contribution < 1.29 is 14.7 Å². The molecule has 4 bridgehead atoms. The summed E-state index contributed by atoms with van der Waals surface area (Å²) in [7, 11) is 0. The van der Waals surface area contributed by atoms with E-state index in [1.165, 1.54) is 19.3 Å². The highest BCUT2D eigenvalue weighted by molar-refractivity contribution is 6.33. The zero-order chi connectivity index (χ0) is 12.2. The molecule has 4 fully saturated rings. The van der Waals surface area contributed by atoms with Crippen LogP contribution in [0.25, 0.3) is 0 Å². The fourth-order valence-electron chi connectivity index (χ4n) is 5.17. The maximum Gasteiger partial charge on any atom is 0.372 e. The standard InChI is InChI=1S/C14H20O3/c1-8(12(15)13(16)17)14-5-9-2-10(6-14)4-11(3-9)7-14/h8-11H,2-7H2,1H3,(H,16,17). The molecule has 0 heterocycles. The topological polar surface area (TPSA) is 54.4 Å². The molecule has 0 aromatic heterocycles. The smallest absolute Gasteiger partial charge is 0.372 e. The van der Waals surface area contributed by atoms with Crippen LogP contribution >= 0.6 is 0 Å². The molecule has 1 unspecified atom stereocenters. The molecular formula is C14H20O3. The Labute approximate surface area is 102 Å². The molecule has 0 radical (unpaired) electrons. The Morgan fingerprint density at radius 1 is 1.06 bits per heavy atom. The minimum absolute atomic E-state index is 0.0320. The quantitative estimate of drug-likeness (QED) is 0.766. The molecule has 1 atom stereocenters. The van der Waals surface area contributed by atoms with Gasteiger partial charge in [-0.2, -0.15) is 0 Å². The van der Waals surface area contributed by atoms with E-state index in [1.54, 1.807) is 0 Å². The SMILES string of the molecule is CC(C(=O)C(=O)O)C12CC3CC(CC(C3)C1)C2. The molecule has 17 heavy (non-hydrogen) atoms. The minimum Gasteiger partial charge on any atom is -0.475 e. The zero-order valence-corrected chi connectivity index (χ0v) is 10.3. The average molecular weight is 236 g/mol. The second-order valence-electron chi connectivity index (χ2n) is 6.67. The van der Waals surface area contributed by atoms with Crippen molar-refractivity contribution in [2.75, 3.05) is 0 Å². The van der Waals surface area contributed by atoms with Gasteiger partial charge in [-0.3, -0.25) is 4.79 Å². The van der Waals surface area contributed by atoms with Crippen LogP contribution in [0, 0.1) is 29.1 Å². The molecule has 0 spiro atoms. The molecule has 3 heteroatoms. The zero-order valence-electron chi connectivity index (χ0n) is 10.3. The normalized spacial score (nSPS) is 44.6. The number of carboxylic acids is 1. The van der Waals surface area contributed by atoms with Crippen LogP contribution in [0.5, 0.6) is 0 Å². The second kappa shape index (κ2) is 3.56. The van der Waals surface area contributed by atoms with Gasteiger partial charge in [0.1, 0.15) is 0 Å². The molecule has 0 aromatic rings. The fraction of sp³-hybridized carbons (Fsp3) is 0.857. The Bertz CT molecular complexity index is 336. The first kappa shape index (κ1) is 11.2. The molecule has 4 aliphatic carbocycles. The summed E-state index contributed by atoms with van der Waals surface area (Å²) in [6.45, 7) is 1.85. The van der Waals surface area contributed by atoms with Gasteiger partial charge in [-0.15, -0.1) is 0 Å².